The fraction of sp³-hybridized carbons (Fsp3) is 0.0545. The Morgan fingerprint density at radius 3 is 2.05 bits per heavy atom. The molecule has 59 heavy (non-hydrogen) atoms. The second-order valence-corrected chi connectivity index (χ2v) is 15.6. The van der Waals surface area contributed by atoms with Gasteiger partial charge in [-0.15, -0.1) is 0 Å². The highest BCUT2D eigenvalue weighted by Crippen LogP contribution is 2.51. The number of aryl methyl sites for hydroxylation is 1. The van der Waals surface area contributed by atoms with Crippen LogP contribution >= 0.6 is 0 Å². The monoisotopic (exact) mass is 755 g/mol. The van der Waals surface area contributed by atoms with Crippen LogP contribution in [0.25, 0.3) is 94.5 Å². The van der Waals surface area contributed by atoms with E-state index in [1.807, 2.05) is 18.2 Å². The SMILES string of the molecule is c1ccc(CCC2c3ccccc3-c3c2ccc2c4ccccc4n(-c4cccc(-c5nc(-c6ccccc6)cc(-c6ccc7c(c6)oc6ccccc67)n5)c4)c32)cc1. The lowest BCUT2D eigenvalue weighted by molar-refractivity contribution is 0.669. The van der Waals surface area contributed by atoms with Gasteiger partial charge >= 0.3 is 0 Å². The van der Waals surface area contributed by atoms with Gasteiger partial charge in [-0.1, -0.05) is 152 Å². The van der Waals surface area contributed by atoms with E-state index in [1.165, 1.54) is 49.6 Å². The fourth-order valence-corrected chi connectivity index (χ4v) is 9.53. The minimum atomic E-state index is 0.315. The van der Waals surface area contributed by atoms with Crippen LogP contribution in [0.15, 0.2) is 199 Å². The molecule has 1 aliphatic rings. The number of fused-ring (bicyclic) bond motifs is 10. The van der Waals surface area contributed by atoms with Gasteiger partial charge < -0.3 is 8.98 Å². The van der Waals surface area contributed by atoms with E-state index in [-0.39, 0.29) is 0 Å². The molecule has 0 radical (unpaired) electrons. The van der Waals surface area contributed by atoms with Gasteiger partial charge in [-0.3, -0.25) is 0 Å². The van der Waals surface area contributed by atoms with Gasteiger partial charge in [0, 0.05) is 55.4 Å². The third-order valence-electron chi connectivity index (χ3n) is 12.2. The van der Waals surface area contributed by atoms with Crippen LogP contribution in [-0.2, 0) is 6.42 Å². The lowest BCUT2D eigenvalue weighted by atomic mass is 9.90. The van der Waals surface area contributed by atoms with Crippen LogP contribution in [0.4, 0.5) is 0 Å². The number of hydrogen-bond donors (Lipinski definition) is 0. The topological polar surface area (TPSA) is 43.9 Å². The molecule has 0 fully saturated rings. The van der Waals surface area contributed by atoms with Gasteiger partial charge in [0.05, 0.1) is 22.4 Å². The number of nitrogens with zero attached hydrogens (tertiary/aromatic N) is 3. The molecule has 0 spiro atoms. The molecule has 1 atom stereocenters. The second kappa shape index (κ2) is 13.5. The molecule has 0 bridgehead atoms. The Morgan fingerprint density at radius 2 is 1.17 bits per heavy atom. The number of hydrogen-bond acceptors (Lipinski definition) is 3. The van der Waals surface area contributed by atoms with E-state index in [0.29, 0.717) is 11.7 Å². The molecule has 0 saturated heterocycles. The zero-order chi connectivity index (χ0) is 38.9. The van der Waals surface area contributed by atoms with E-state index >= 15 is 0 Å². The van der Waals surface area contributed by atoms with Crippen molar-refractivity contribution in [2.45, 2.75) is 18.8 Å². The Morgan fingerprint density at radius 1 is 0.475 bits per heavy atom. The summed E-state index contributed by atoms with van der Waals surface area (Å²) in [6, 6.07) is 69.3. The second-order valence-electron chi connectivity index (χ2n) is 15.6. The van der Waals surface area contributed by atoms with E-state index in [4.69, 9.17) is 14.4 Å². The molecule has 11 aromatic rings. The van der Waals surface area contributed by atoms with Crippen molar-refractivity contribution in [1.82, 2.24) is 14.5 Å². The van der Waals surface area contributed by atoms with Crippen molar-refractivity contribution in [2.24, 2.45) is 0 Å². The molecule has 3 heterocycles. The van der Waals surface area contributed by atoms with Gasteiger partial charge in [0.1, 0.15) is 11.2 Å². The molecule has 4 nitrogen and oxygen atoms in total. The van der Waals surface area contributed by atoms with Crippen LogP contribution in [0.1, 0.15) is 29.0 Å². The van der Waals surface area contributed by atoms with Crippen LogP contribution in [0, 0.1) is 0 Å². The van der Waals surface area contributed by atoms with Gasteiger partial charge in [-0.05, 0) is 77.6 Å². The summed E-state index contributed by atoms with van der Waals surface area (Å²) >= 11 is 0. The van der Waals surface area contributed by atoms with Crippen LogP contribution in [0.2, 0.25) is 0 Å². The van der Waals surface area contributed by atoms with Crippen LogP contribution in [0.5, 0.6) is 0 Å². The van der Waals surface area contributed by atoms with E-state index in [9.17, 15) is 0 Å². The highest BCUT2D eigenvalue weighted by Gasteiger charge is 2.32. The average Bonchev–Trinajstić information content (AvgIpc) is 3.96. The fourth-order valence-electron chi connectivity index (χ4n) is 9.53. The summed E-state index contributed by atoms with van der Waals surface area (Å²) in [6.07, 6.45) is 2.08. The zero-order valence-electron chi connectivity index (χ0n) is 32.2. The van der Waals surface area contributed by atoms with Gasteiger partial charge in [-0.2, -0.15) is 0 Å². The number of para-hydroxylation sites is 2. The van der Waals surface area contributed by atoms with Crippen LogP contribution < -0.4 is 0 Å². The van der Waals surface area contributed by atoms with E-state index in [0.717, 1.165) is 68.5 Å². The molecule has 8 aromatic carbocycles. The smallest absolute Gasteiger partial charge is 0.160 e. The number of benzene rings is 8. The Bertz CT molecular complexity index is 3400. The van der Waals surface area contributed by atoms with Gasteiger partial charge in [0.25, 0.3) is 0 Å². The van der Waals surface area contributed by atoms with E-state index in [1.54, 1.807) is 0 Å². The average molecular weight is 756 g/mol. The molecule has 0 saturated carbocycles. The van der Waals surface area contributed by atoms with E-state index in [2.05, 4.69) is 180 Å². The normalized spacial score (nSPS) is 13.4. The lowest BCUT2D eigenvalue weighted by Crippen LogP contribution is -2.00. The molecule has 3 aromatic heterocycles. The molecule has 1 aliphatic carbocycles. The number of aromatic nitrogens is 3. The van der Waals surface area contributed by atoms with Crippen molar-refractivity contribution in [2.75, 3.05) is 0 Å². The van der Waals surface area contributed by atoms with Crippen molar-refractivity contribution >= 4 is 43.7 Å². The van der Waals surface area contributed by atoms with Gasteiger partial charge in [0.15, 0.2) is 5.82 Å². The van der Waals surface area contributed by atoms with Crippen molar-refractivity contribution in [3.63, 3.8) is 0 Å². The largest absolute Gasteiger partial charge is 0.456 e. The summed E-state index contributed by atoms with van der Waals surface area (Å²) in [5.74, 6) is 0.986. The third kappa shape index (κ3) is 5.52. The molecule has 12 rings (SSSR count). The van der Waals surface area contributed by atoms with Crippen LogP contribution in [-0.4, -0.2) is 14.5 Å². The van der Waals surface area contributed by atoms with Crippen molar-refractivity contribution in [1.29, 1.82) is 0 Å². The standard InChI is InChI=1S/C55H37N3O/c1-3-14-35(15-4-1)26-28-41-40-20-7-8-23-45(40)53-46(41)30-31-47-42-21-9-11-24-50(42)58(54(47)53)39-19-13-18-38(32-39)55-56-48(36-16-5-2-6-17-36)34-49(57-55)37-27-29-44-43-22-10-12-25-51(43)59-52(44)33-37/h1-25,27,29-34,41H,26,28H2. The Hall–Kier alpha value is -7.56. The molecule has 0 amide bonds. The molecule has 0 aliphatic heterocycles. The number of rotatable bonds is 7. The van der Waals surface area contributed by atoms with Crippen molar-refractivity contribution in [3.8, 4) is 50.7 Å². The van der Waals surface area contributed by atoms with Crippen molar-refractivity contribution in [3.05, 3.63) is 211 Å². The highest BCUT2D eigenvalue weighted by molar-refractivity contribution is 6.15. The first-order valence-corrected chi connectivity index (χ1v) is 20.4. The maximum atomic E-state index is 6.32. The Kier molecular flexibility index (Phi) is 7.70. The highest BCUT2D eigenvalue weighted by atomic mass is 16.3. The Balaban J connectivity index is 1.03. The first kappa shape index (κ1) is 33.6. The maximum absolute atomic E-state index is 6.32. The molecule has 0 N–H and O–H groups in total. The molecule has 1 unspecified atom stereocenters. The minimum Gasteiger partial charge on any atom is -0.456 e. The molecular weight excluding hydrogens is 719 g/mol. The summed E-state index contributed by atoms with van der Waals surface area (Å²) in [6.45, 7) is 0. The summed E-state index contributed by atoms with van der Waals surface area (Å²) in [4.78, 5) is 10.5. The first-order valence-electron chi connectivity index (χ1n) is 20.4. The Labute approximate surface area is 341 Å². The minimum absolute atomic E-state index is 0.315. The van der Waals surface area contributed by atoms with Gasteiger partial charge in [-0.25, -0.2) is 9.97 Å². The summed E-state index contributed by atoms with van der Waals surface area (Å²) < 4.78 is 8.79. The third-order valence-corrected chi connectivity index (χ3v) is 12.2. The van der Waals surface area contributed by atoms with Gasteiger partial charge in [0.2, 0.25) is 0 Å². The quantitative estimate of drug-likeness (QED) is 0.163. The summed E-state index contributed by atoms with van der Waals surface area (Å²) in [7, 11) is 0. The molecular formula is C55H37N3O. The van der Waals surface area contributed by atoms with Crippen molar-refractivity contribution < 1.29 is 4.42 Å². The summed E-state index contributed by atoms with van der Waals surface area (Å²) in [5, 5.41) is 4.71. The van der Waals surface area contributed by atoms with Crippen LogP contribution in [0.3, 0.4) is 0 Å². The zero-order valence-corrected chi connectivity index (χ0v) is 32.2. The molecule has 4 heteroatoms. The lowest BCUT2D eigenvalue weighted by Gasteiger charge is -2.15. The number of furan rings is 1. The first-order chi connectivity index (χ1) is 29.2. The maximum Gasteiger partial charge on any atom is 0.160 e. The predicted molar refractivity (Wildman–Crippen MR) is 242 cm³/mol. The predicted octanol–water partition coefficient (Wildman–Crippen LogP) is 14.2. The van der Waals surface area contributed by atoms with E-state index < -0.39 is 0 Å². The molecule has 278 valence electrons. The summed E-state index contributed by atoms with van der Waals surface area (Å²) in [5.41, 5.74) is 16.8.